The topological polar surface area (TPSA) is 59.5 Å². The molecule has 0 saturated carbocycles. The zero-order valence-electron chi connectivity index (χ0n) is 15.1. The minimum atomic E-state index is -0.403. The number of piperidine rings is 1. The van der Waals surface area contributed by atoms with Crippen LogP contribution in [-0.2, 0) is 4.74 Å². The summed E-state index contributed by atoms with van der Waals surface area (Å²) in [4.78, 5) is 31.4. The van der Waals surface area contributed by atoms with Crippen LogP contribution >= 0.6 is 11.3 Å². The molecular formula is C21H20N2O3S. The fourth-order valence-electron chi connectivity index (χ4n) is 3.50. The van der Waals surface area contributed by atoms with Crippen molar-refractivity contribution in [2.24, 2.45) is 0 Å². The van der Waals surface area contributed by atoms with E-state index in [0.29, 0.717) is 11.1 Å². The minimum Gasteiger partial charge on any atom is -0.465 e. The molecule has 0 spiro atoms. The van der Waals surface area contributed by atoms with Crippen molar-refractivity contribution in [1.82, 2.24) is 9.88 Å². The van der Waals surface area contributed by atoms with Crippen molar-refractivity contribution in [2.75, 3.05) is 13.7 Å². The van der Waals surface area contributed by atoms with Crippen LogP contribution in [0.15, 0.2) is 48.5 Å². The molecule has 1 amide bonds. The first-order chi connectivity index (χ1) is 13.2. The van der Waals surface area contributed by atoms with Crippen LogP contribution in [0, 0.1) is 0 Å². The lowest BCUT2D eigenvalue weighted by Crippen LogP contribution is -2.38. The summed E-state index contributed by atoms with van der Waals surface area (Å²) in [5.41, 5.74) is 2.00. The highest BCUT2D eigenvalue weighted by molar-refractivity contribution is 7.18. The number of hydrogen-bond acceptors (Lipinski definition) is 5. The van der Waals surface area contributed by atoms with E-state index in [-0.39, 0.29) is 11.9 Å². The van der Waals surface area contributed by atoms with Gasteiger partial charge in [-0.2, -0.15) is 0 Å². The Morgan fingerprint density at radius 3 is 2.56 bits per heavy atom. The normalized spacial score (nSPS) is 17.1. The quantitative estimate of drug-likeness (QED) is 0.630. The Morgan fingerprint density at radius 2 is 1.81 bits per heavy atom. The zero-order valence-corrected chi connectivity index (χ0v) is 15.9. The van der Waals surface area contributed by atoms with Crippen LogP contribution in [-0.4, -0.2) is 35.4 Å². The molecule has 5 nitrogen and oxygen atoms in total. The maximum absolute atomic E-state index is 13.1. The number of benzene rings is 2. The van der Waals surface area contributed by atoms with Gasteiger partial charge < -0.3 is 9.64 Å². The van der Waals surface area contributed by atoms with Gasteiger partial charge in [0.1, 0.15) is 5.01 Å². The number of amides is 1. The number of esters is 1. The molecule has 138 valence electrons. The first kappa shape index (κ1) is 17.7. The predicted octanol–water partition coefficient (Wildman–Crippen LogP) is 4.45. The van der Waals surface area contributed by atoms with Crippen molar-refractivity contribution < 1.29 is 14.3 Å². The molecule has 4 rings (SSSR count). The van der Waals surface area contributed by atoms with E-state index >= 15 is 0 Å². The number of carbonyl (C=O) groups is 2. The van der Waals surface area contributed by atoms with Gasteiger partial charge in [-0.1, -0.05) is 12.1 Å². The summed E-state index contributed by atoms with van der Waals surface area (Å²) in [7, 11) is 1.34. The summed E-state index contributed by atoms with van der Waals surface area (Å²) in [6.45, 7) is 0.720. The number of likely N-dealkylation sites (tertiary alicyclic amines) is 1. The summed E-state index contributed by atoms with van der Waals surface area (Å²) in [5, 5.41) is 0.996. The Kier molecular flexibility index (Phi) is 4.90. The maximum Gasteiger partial charge on any atom is 0.337 e. The standard InChI is InChI=1S/C21H20N2O3S/c1-26-21(25)15-11-9-14(10-12-15)20(24)23-13-5-4-7-17(23)19-22-16-6-2-3-8-18(16)27-19/h2-3,6,8-12,17H,4-5,7,13H2,1H3. The molecule has 1 atom stereocenters. The van der Waals surface area contributed by atoms with Crippen molar-refractivity contribution in [3.05, 3.63) is 64.7 Å². The van der Waals surface area contributed by atoms with Crippen LogP contribution in [0.4, 0.5) is 0 Å². The van der Waals surface area contributed by atoms with Crippen LogP contribution in [0.1, 0.15) is 51.0 Å². The predicted molar refractivity (Wildman–Crippen MR) is 105 cm³/mol. The third-order valence-corrected chi connectivity index (χ3v) is 6.05. The number of para-hydroxylation sites is 1. The zero-order chi connectivity index (χ0) is 18.8. The van der Waals surface area contributed by atoms with Crippen molar-refractivity contribution in [2.45, 2.75) is 25.3 Å². The fraction of sp³-hybridized carbons (Fsp3) is 0.286. The molecule has 2 heterocycles. The van der Waals surface area contributed by atoms with Gasteiger partial charge in [-0.25, -0.2) is 9.78 Å². The smallest absolute Gasteiger partial charge is 0.337 e. The van der Waals surface area contributed by atoms with Gasteiger partial charge in [-0.15, -0.1) is 11.3 Å². The van der Waals surface area contributed by atoms with Gasteiger partial charge in [-0.05, 0) is 55.7 Å². The van der Waals surface area contributed by atoms with Crippen molar-refractivity contribution in [3.63, 3.8) is 0 Å². The summed E-state index contributed by atoms with van der Waals surface area (Å²) >= 11 is 1.66. The summed E-state index contributed by atoms with van der Waals surface area (Å²) < 4.78 is 5.86. The average molecular weight is 380 g/mol. The third kappa shape index (κ3) is 3.45. The average Bonchev–Trinajstić information content (AvgIpc) is 3.17. The molecule has 0 bridgehead atoms. The number of fused-ring (bicyclic) bond motifs is 1. The monoisotopic (exact) mass is 380 g/mol. The lowest BCUT2D eigenvalue weighted by atomic mass is 10.0. The van der Waals surface area contributed by atoms with Gasteiger partial charge in [0.25, 0.3) is 5.91 Å². The highest BCUT2D eigenvalue weighted by Gasteiger charge is 2.31. The second kappa shape index (κ2) is 7.48. The van der Waals surface area contributed by atoms with E-state index < -0.39 is 5.97 Å². The van der Waals surface area contributed by atoms with Gasteiger partial charge in [0, 0.05) is 12.1 Å². The third-order valence-electron chi connectivity index (χ3n) is 4.91. The Balaban J connectivity index is 1.61. The number of carbonyl (C=O) groups excluding carboxylic acids is 2. The molecule has 0 radical (unpaired) electrons. The van der Waals surface area contributed by atoms with E-state index in [9.17, 15) is 9.59 Å². The number of ether oxygens (including phenoxy) is 1. The molecule has 0 aliphatic carbocycles. The molecule has 3 aromatic rings. The number of nitrogens with zero attached hydrogens (tertiary/aromatic N) is 2. The lowest BCUT2D eigenvalue weighted by Gasteiger charge is -2.34. The molecule has 27 heavy (non-hydrogen) atoms. The Morgan fingerprint density at radius 1 is 1.07 bits per heavy atom. The molecular weight excluding hydrogens is 360 g/mol. The van der Waals surface area contributed by atoms with E-state index in [1.807, 2.05) is 23.1 Å². The van der Waals surface area contributed by atoms with E-state index in [1.54, 1.807) is 35.6 Å². The van der Waals surface area contributed by atoms with Gasteiger partial charge >= 0.3 is 5.97 Å². The molecule has 1 aliphatic rings. The molecule has 1 saturated heterocycles. The number of aromatic nitrogens is 1. The molecule has 1 unspecified atom stereocenters. The SMILES string of the molecule is COC(=O)c1ccc(C(=O)N2CCCCC2c2nc3ccccc3s2)cc1. The van der Waals surface area contributed by atoms with Crippen molar-refractivity contribution in [3.8, 4) is 0 Å². The highest BCUT2D eigenvalue weighted by atomic mass is 32.1. The van der Waals surface area contributed by atoms with Crippen LogP contribution in [0.3, 0.4) is 0 Å². The summed E-state index contributed by atoms with van der Waals surface area (Å²) in [6, 6.07) is 14.7. The minimum absolute atomic E-state index is 0.00364. The van der Waals surface area contributed by atoms with E-state index in [1.165, 1.54) is 7.11 Å². The molecule has 2 aromatic carbocycles. The van der Waals surface area contributed by atoms with Crippen LogP contribution in [0.5, 0.6) is 0 Å². The van der Waals surface area contributed by atoms with Crippen LogP contribution in [0.25, 0.3) is 10.2 Å². The molecule has 1 aromatic heterocycles. The Labute approximate surface area is 161 Å². The molecule has 6 heteroatoms. The number of rotatable bonds is 3. The fourth-order valence-corrected chi connectivity index (χ4v) is 4.61. The van der Waals surface area contributed by atoms with E-state index in [0.717, 1.165) is 41.0 Å². The first-order valence-corrected chi connectivity index (χ1v) is 9.84. The number of hydrogen-bond donors (Lipinski definition) is 0. The van der Waals surface area contributed by atoms with Crippen molar-refractivity contribution in [1.29, 1.82) is 0 Å². The number of methoxy groups -OCH3 is 1. The van der Waals surface area contributed by atoms with Gasteiger partial charge in [-0.3, -0.25) is 4.79 Å². The summed E-state index contributed by atoms with van der Waals surface area (Å²) in [5.74, 6) is -0.422. The van der Waals surface area contributed by atoms with E-state index in [2.05, 4.69) is 6.07 Å². The molecule has 1 fully saturated rings. The van der Waals surface area contributed by atoms with E-state index in [4.69, 9.17) is 9.72 Å². The second-order valence-corrected chi connectivity index (χ2v) is 7.66. The van der Waals surface area contributed by atoms with Gasteiger partial charge in [0.15, 0.2) is 0 Å². The second-order valence-electron chi connectivity index (χ2n) is 6.60. The Bertz CT molecular complexity index is 948. The lowest BCUT2D eigenvalue weighted by molar-refractivity contribution is 0.0592. The highest BCUT2D eigenvalue weighted by Crippen LogP contribution is 2.36. The van der Waals surface area contributed by atoms with Crippen LogP contribution < -0.4 is 0 Å². The summed E-state index contributed by atoms with van der Waals surface area (Å²) in [6.07, 6.45) is 3.00. The molecule has 1 aliphatic heterocycles. The Hall–Kier alpha value is -2.73. The number of thiazole rings is 1. The largest absolute Gasteiger partial charge is 0.465 e. The first-order valence-electron chi connectivity index (χ1n) is 9.02. The van der Waals surface area contributed by atoms with Gasteiger partial charge in [0.05, 0.1) is 28.9 Å². The van der Waals surface area contributed by atoms with Gasteiger partial charge in [0.2, 0.25) is 0 Å². The maximum atomic E-state index is 13.1. The van der Waals surface area contributed by atoms with Crippen LogP contribution in [0.2, 0.25) is 0 Å². The molecule has 0 N–H and O–H groups in total. The van der Waals surface area contributed by atoms with Crippen molar-refractivity contribution >= 4 is 33.4 Å².